The summed E-state index contributed by atoms with van der Waals surface area (Å²) in [6.45, 7) is 6.69. The average molecular weight is 197 g/mol. The van der Waals surface area contributed by atoms with E-state index in [1.165, 1.54) is 0 Å². The van der Waals surface area contributed by atoms with Gasteiger partial charge in [-0.05, 0) is 25.8 Å². The third-order valence-electron chi connectivity index (χ3n) is 5.39. The van der Waals surface area contributed by atoms with Gasteiger partial charge < -0.3 is 16.8 Å². The highest BCUT2D eigenvalue weighted by Gasteiger charge is 2.71. The van der Waals surface area contributed by atoms with Crippen molar-refractivity contribution in [2.75, 3.05) is 7.05 Å². The van der Waals surface area contributed by atoms with Gasteiger partial charge >= 0.3 is 0 Å². The van der Waals surface area contributed by atoms with Crippen molar-refractivity contribution in [2.24, 2.45) is 22.8 Å². The van der Waals surface area contributed by atoms with Crippen LogP contribution in [0.25, 0.3) is 0 Å². The third kappa shape index (κ3) is 0.841. The predicted molar refractivity (Wildman–Crippen MR) is 58.9 cm³/mol. The van der Waals surface area contributed by atoms with E-state index in [4.69, 9.17) is 11.5 Å². The van der Waals surface area contributed by atoms with Crippen molar-refractivity contribution in [3.8, 4) is 0 Å². The van der Waals surface area contributed by atoms with Crippen LogP contribution in [0.2, 0.25) is 0 Å². The minimum Gasteiger partial charge on any atom is -0.324 e. The fraction of sp³-hybridized carbons (Fsp3) is 1.00. The Hall–Kier alpha value is -0.120. The van der Waals surface area contributed by atoms with Crippen LogP contribution in [0.1, 0.15) is 33.6 Å². The molecule has 0 aliphatic heterocycles. The van der Waals surface area contributed by atoms with Crippen LogP contribution in [-0.4, -0.2) is 24.2 Å². The molecule has 3 aliphatic carbocycles. The Balaban J connectivity index is 2.34. The van der Waals surface area contributed by atoms with E-state index in [2.05, 4.69) is 26.1 Å². The second-order valence-electron chi connectivity index (χ2n) is 5.89. The first-order chi connectivity index (χ1) is 6.28. The van der Waals surface area contributed by atoms with Crippen LogP contribution in [0.5, 0.6) is 0 Å². The molecule has 14 heavy (non-hydrogen) atoms. The molecule has 5 N–H and O–H groups in total. The molecule has 3 nitrogen and oxygen atoms in total. The minimum atomic E-state index is -0.0757. The first-order valence-corrected chi connectivity index (χ1v) is 5.53. The zero-order valence-electron chi connectivity index (χ0n) is 9.72. The van der Waals surface area contributed by atoms with Crippen LogP contribution in [0, 0.1) is 11.3 Å². The summed E-state index contributed by atoms with van der Waals surface area (Å²) in [5.41, 5.74) is 12.9. The number of hydrogen-bond acceptors (Lipinski definition) is 3. The molecule has 3 saturated carbocycles. The standard InChI is InChI=1S/C11H23N3/c1-7-8(14-4)5-10(12)6-11(7,13)9(10,2)3/h7-8,14H,5-6,12-13H2,1-4H3. The molecule has 3 fully saturated rings. The third-order valence-corrected chi connectivity index (χ3v) is 5.39. The van der Waals surface area contributed by atoms with Crippen LogP contribution < -0.4 is 16.8 Å². The molecule has 3 rings (SSSR count). The van der Waals surface area contributed by atoms with Gasteiger partial charge in [-0.2, -0.15) is 0 Å². The van der Waals surface area contributed by atoms with Gasteiger partial charge in [0, 0.05) is 22.5 Å². The molecule has 3 aliphatic rings. The van der Waals surface area contributed by atoms with Crippen molar-refractivity contribution < 1.29 is 0 Å². The van der Waals surface area contributed by atoms with E-state index >= 15 is 0 Å². The van der Waals surface area contributed by atoms with Gasteiger partial charge in [0.1, 0.15) is 0 Å². The van der Waals surface area contributed by atoms with Crippen LogP contribution in [0.4, 0.5) is 0 Å². The summed E-state index contributed by atoms with van der Waals surface area (Å²) in [5.74, 6) is 0.507. The summed E-state index contributed by atoms with van der Waals surface area (Å²) < 4.78 is 0. The molecule has 0 amide bonds. The molecule has 82 valence electrons. The lowest BCUT2D eigenvalue weighted by Crippen LogP contribution is -2.87. The number of nitrogens with two attached hydrogens (primary N) is 2. The molecule has 4 unspecified atom stereocenters. The molecule has 4 atom stereocenters. The zero-order valence-corrected chi connectivity index (χ0v) is 9.72. The van der Waals surface area contributed by atoms with E-state index < -0.39 is 0 Å². The Bertz CT molecular complexity index is 263. The Labute approximate surface area is 86.6 Å². The Morgan fingerprint density at radius 1 is 1.29 bits per heavy atom. The van der Waals surface area contributed by atoms with Crippen molar-refractivity contribution in [3.05, 3.63) is 0 Å². The Kier molecular flexibility index (Phi) is 1.87. The molecule has 2 bridgehead atoms. The summed E-state index contributed by atoms with van der Waals surface area (Å²) in [7, 11) is 2.01. The first kappa shape index (κ1) is 10.4. The molecule has 0 saturated heterocycles. The van der Waals surface area contributed by atoms with E-state index in [1.54, 1.807) is 0 Å². The van der Waals surface area contributed by atoms with Crippen LogP contribution in [0.15, 0.2) is 0 Å². The van der Waals surface area contributed by atoms with E-state index in [0.717, 1.165) is 12.8 Å². The number of fused-ring (bicyclic) bond motifs is 2. The van der Waals surface area contributed by atoms with Crippen molar-refractivity contribution in [2.45, 2.75) is 50.7 Å². The predicted octanol–water partition coefficient (Wildman–Crippen LogP) is 0.439. The highest BCUT2D eigenvalue weighted by atomic mass is 15.1. The van der Waals surface area contributed by atoms with Gasteiger partial charge in [0.2, 0.25) is 0 Å². The topological polar surface area (TPSA) is 64.1 Å². The fourth-order valence-corrected chi connectivity index (χ4v) is 3.66. The molecule has 0 spiro atoms. The van der Waals surface area contributed by atoms with Crippen LogP contribution in [0.3, 0.4) is 0 Å². The Morgan fingerprint density at radius 3 is 2.29 bits per heavy atom. The SMILES string of the molecule is CNC1CC2(N)CC(N)(C1C)C2(C)C. The smallest absolute Gasteiger partial charge is 0.0282 e. The molecule has 0 aromatic carbocycles. The number of nitrogens with one attached hydrogen (secondary N) is 1. The minimum absolute atomic E-state index is 0.0536. The van der Waals surface area contributed by atoms with E-state index in [1.807, 2.05) is 7.05 Å². The van der Waals surface area contributed by atoms with Gasteiger partial charge in [0.25, 0.3) is 0 Å². The lowest BCUT2D eigenvalue weighted by molar-refractivity contribution is -0.155. The summed E-state index contributed by atoms with van der Waals surface area (Å²) in [5, 5.41) is 3.34. The lowest BCUT2D eigenvalue weighted by atomic mass is 9.36. The Morgan fingerprint density at radius 2 is 1.86 bits per heavy atom. The maximum absolute atomic E-state index is 6.50. The second-order valence-corrected chi connectivity index (χ2v) is 5.89. The first-order valence-electron chi connectivity index (χ1n) is 5.53. The van der Waals surface area contributed by atoms with Crippen molar-refractivity contribution >= 4 is 0 Å². The molecule has 3 heteroatoms. The molecular weight excluding hydrogens is 174 g/mol. The normalized spacial score (nSPS) is 55.3. The molecule has 0 aromatic rings. The van der Waals surface area contributed by atoms with Crippen LogP contribution >= 0.6 is 0 Å². The van der Waals surface area contributed by atoms with Gasteiger partial charge in [-0.3, -0.25) is 0 Å². The highest BCUT2D eigenvalue weighted by molar-refractivity contribution is 5.30. The number of rotatable bonds is 1. The van der Waals surface area contributed by atoms with Crippen molar-refractivity contribution in [3.63, 3.8) is 0 Å². The van der Waals surface area contributed by atoms with Crippen LogP contribution in [-0.2, 0) is 0 Å². The quantitative estimate of drug-likeness (QED) is 0.571. The summed E-state index contributed by atoms with van der Waals surface area (Å²) in [6, 6.07) is 0.478. The molecule has 0 radical (unpaired) electrons. The van der Waals surface area contributed by atoms with E-state index in [0.29, 0.717) is 12.0 Å². The van der Waals surface area contributed by atoms with Gasteiger partial charge in [-0.1, -0.05) is 20.8 Å². The molecule has 0 aromatic heterocycles. The van der Waals surface area contributed by atoms with Gasteiger partial charge in [0.05, 0.1) is 0 Å². The fourth-order valence-electron chi connectivity index (χ4n) is 3.66. The molecule has 0 heterocycles. The number of hydrogen-bond donors (Lipinski definition) is 3. The second kappa shape index (κ2) is 2.52. The lowest BCUT2D eigenvalue weighted by Gasteiger charge is -2.74. The monoisotopic (exact) mass is 197 g/mol. The average Bonchev–Trinajstić information content (AvgIpc) is 2.10. The van der Waals surface area contributed by atoms with Gasteiger partial charge in [0.15, 0.2) is 0 Å². The zero-order chi connectivity index (χ0) is 10.8. The van der Waals surface area contributed by atoms with E-state index in [-0.39, 0.29) is 16.5 Å². The van der Waals surface area contributed by atoms with E-state index in [9.17, 15) is 0 Å². The maximum Gasteiger partial charge on any atom is 0.0282 e. The largest absolute Gasteiger partial charge is 0.324 e. The van der Waals surface area contributed by atoms with Crippen molar-refractivity contribution in [1.82, 2.24) is 5.32 Å². The molecular formula is C11H23N3. The maximum atomic E-state index is 6.50. The summed E-state index contributed by atoms with van der Waals surface area (Å²) in [4.78, 5) is 0. The summed E-state index contributed by atoms with van der Waals surface area (Å²) in [6.07, 6.45) is 2.03. The highest BCUT2D eigenvalue weighted by Crippen LogP contribution is 2.63. The van der Waals surface area contributed by atoms with Gasteiger partial charge in [-0.15, -0.1) is 0 Å². The summed E-state index contributed by atoms with van der Waals surface area (Å²) >= 11 is 0. The van der Waals surface area contributed by atoms with Gasteiger partial charge in [-0.25, -0.2) is 0 Å². The van der Waals surface area contributed by atoms with Crippen molar-refractivity contribution in [1.29, 1.82) is 0 Å².